The number of hydrogen-bond acceptors (Lipinski definition) is 6. The highest BCUT2D eigenvalue weighted by Crippen LogP contribution is 2.35. The van der Waals surface area contributed by atoms with Crippen LogP contribution in [0.1, 0.15) is 20.7 Å². The van der Waals surface area contributed by atoms with Crippen LogP contribution in [0, 0.1) is 0 Å². The molecule has 4 aromatic carbocycles. The van der Waals surface area contributed by atoms with E-state index in [-0.39, 0.29) is 11.1 Å². The number of anilines is 2. The van der Waals surface area contributed by atoms with Gasteiger partial charge in [0.1, 0.15) is 11.5 Å². The largest absolute Gasteiger partial charge is 0.423 e. The minimum Gasteiger partial charge on any atom is -0.423 e. The summed E-state index contributed by atoms with van der Waals surface area (Å²) in [6, 6.07) is 22.4. The van der Waals surface area contributed by atoms with Crippen molar-refractivity contribution in [3.8, 4) is 22.6 Å². The lowest BCUT2D eigenvalue weighted by Gasteiger charge is -2.11. The van der Waals surface area contributed by atoms with Gasteiger partial charge in [-0.3, -0.25) is 0 Å². The maximum absolute atomic E-state index is 12.5. The predicted molar refractivity (Wildman–Crippen MR) is 134 cm³/mol. The van der Waals surface area contributed by atoms with E-state index in [2.05, 4.69) is 0 Å². The van der Waals surface area contributed by atoms with Gasteiger partial charge in [-0.05, 0) is 72.8 Å². The molecular formula is C26H18Cl2N2O4. The summed E-state index contributed by atoms with van der Waals surface area (Å²) in [5.41, 5.74) is 14.1. The molecule has 0 radical (unpaired) electrons. The summed E-state index contributed by atoms with van der Waals surface area (Å²) in [6.45, 7) is 0. The van der Waals surface area contributed by atoms with Crippen LogP contribution in [0.5, 0.6) is 11.5 Å². The highest BCUT2D eigenvalue weighted by Gasteiger charge is 2.16. The van der Waals surface area contributed by atoms with Crippen LogP contribution in [0.2, 0.25) is 10.0 Å². The zero-order valence-electron chi connectivity index (χ0n) is 17.6. The Balaban J connectivity index is 1.51. The fourth-order valence-corrected chi connectivity index (χ4v) is 3.69. The van der Waals surface area contributed by atoms with Gasteiger partial charge in [0.15, 0.2) is 0 Å². The minimum atomic E-state index is -0.565. The number of esters is 2. The highest BCUT2D eigenvalue weighted by molar-refractivity contribution is 6.37. The maximum Gasteiger partial charge on any atom is 0.343 e. The molecule has 0 bridgehead atoms. The van der Waals surface area contributed by atoms with Crippen LogP contribution in [-0.4, -0.2) is 11.9 Å². The molecular weight excluding hydrogens is 475 g/mol. The minimum absolute atomic E-state index is 0.269. The van der Waals surface area contributed by atoms with Gasteiger partial charge in [0.2, 0.25) is 0 Å². The summed E-state index contributed by atoms with van der Waals surface area (Å²) >= 11 is 12.9. The number of carbonyl (C=O) groups excluding carboxylic acids is 2. The van der Waals surface area contributed by atoms with Crippen LogP contribution in [0.25, 0.3) is 11.1 Å². The molecule has 4 rings (SSSR count). The van der Waals surface area contributed by atoms with Gasteiger partial charge in [0, 0.05) is 32.5 Å². The molecule has 4 aromatic rings. The van der Waals surface area contributed by atoms with Gasteiger partial charge in [-0.15, -0.1) is 0 Å². The Hall–Kier alpha value is -4.00. The molecule has 8 heteroatoms. The topological polar surface area (TPSA) is 105 Å². The molecule has 0 aliphatic carbocycles. The second kappa shape index (κ2) is 9.87. The normalized spacial score (nSPS) is 10.5. The highest BCUT2D eigenvalue weighted by atomic mass is 35.5. The molecule has 0 heterocycles. The van der Waals surface area contributed by atoms with Crippen LogP contribution in [0.15, 0.2) is 84.9 Å². The molecule has 4 N–H and O–H groups in total. The molecule has 0 aromatic heterocycles. The van der Waals surface area contributed by atoms with Crippen molar-refractivity contribution in [1.82, 2.24) is 0 Å². The number of benzene rings is 4. The average Bonchev–Trinajstić information content (AvgIpc) is 2.82. The fraction of sp³-hybridized carbons (Fsp3) is 0. The van der Waals surface area contributed by atoms with Gasteiger partial charge < -0.3 is 20.9 Å². The van der Waals surface area contributed by atoms with E-state index in [4.69, 9.17) is 44.1 Å². The zero-order valence-corrected chi connectivity index (χ0v) is 19.1. The van der Waals surface area contributed by atoms with Gasteiger partial charge in [-0.25, -0.2) is 9.59 Å². The van der Waals surface area contributed by atoms with Crippen LogP contribution in [0.3, 0.4) is 0 Å². The predicted octanol–water partition coefficient (Wildman–Crippen LogP) is 6.26. The lowest BCUT2D eigenvalue weighted by molar-refractivity contribution is 0.0725. The Morgan fingerprint density at radius 1 is 0.559 bits per heavy atom. The molecule has 0 unspecified atom stereocenters. The summed E-state index contributed by atoms with van der Waals surface area (Å²) < 4.78 is 10.7. The van der Waals surface area contributed by atoms with Crippen molar-refractivity contribution in [1.29, 1.82) is 0 Å². The summed E-state index contributed by atoms with van der Waals surface area (Å²) in [6.07, 6.45) is 0. The summed E-state index contributed by atoms with van der Waals surface area (Å²) in [7, 11) is 0. The maximum atomic E-state index is 12.5. The zero-order chi connectivity index (χ0) is 24.2. The number of nitrogens with two attached hydrogens (primary N) is 2. The Labute approximate surface area is 205 Å². The molecule has 6 nitrogen and oxygen atoms in total. The van der Waals surface area contributed by atoms with E-state index < -0.39 is 11.9 Å². The number of nitrogen functional groups attached to an aromatic ring is 2. The van der Waals surface area contributed by atoms with Gasteiger partial charge in [0.05, 0.1) is 11.1 Å². The van der Waals surface area contributed by atoms with Crippen molar-refractivity contribution >= 4 is 46.5 Å². The van der Waals surface area contributed by atoms with Crippen molar-refractivity contribution in [2.75, 3.05) is 11.5 Å². The van der Waals surface area contributed by atoms with Crippen molar-refractivity contribution in [2.45, 2.75) is 0 Å². The van der Waals surface area contributed by atoms with Crippen molar-refractivity contribution in [3.63, 3.8) is 0 Å². The Kier molecular flexibility index (Phi) is 6.72. The number of carbonyl (C=O) groups is 2. The number of hydrogen-bond donors (Lipinski definition) is 2. The van der Waals surface area contributed by atoms with Crippen LogP contribution < -0.4 is 20.9 Å². The third-order valence-corrected chi connectivity index (χ3v) is 5.51. The summed E-state index contributed by atoms with van der Waals surface area (Å²) in [5.74, 6) is -0.400. The van der Waals surface area contributed by atoms with Crippen molar-refractivity contribution in [3.05, 3.63) is 106 Å². The second-order valence-electron chi connectivity index (χ2n) is 7.31. The molecule has 0 aliphatic rings. The standard InChI is InChI=1S/C26H18Cl2N2O4/c27-23-13-15(25(31)33-19-7-3-17(29)4-8-19)1-11-21(23)22-12-2-16(14-24(22)28)26(32)34-20-9-5-18(30)6-10-20/h1-14H,29-30H2. The quantitative estimate of drug-likeness (QED) is 0.193. The average molecular weight is 493 g/mol. The van der Waals surface area contributed by atoms with Crippen LogP contribution in [-0.2, 0) is 0 Å². The van der Waals surface area contributed by atoms with E-state index in [9.17, 15) is 9.59 Å². The summed E-state index contributed by atoms with van der Waals surface area (Å²) in [4.78, 5) is 24.9. The third-order valence-electron chi connectivity index (χ3n) is 4.88. The number of rotatable bonds is 5. The van der Waals surface area contributed by atoms with E-state index in [0.29, 0.717) is 44.0 Å². The first-order valence-electron chi connectivity index (χ1n) is 10.0. The Morgan fingerprint density at radius 2 is 0.912 bits per heavy atom. The SMILES string of the molecule is Nc1ccc(OC(=O)c2ccc(-c3ccc(C(=O)Oc4ccc(N)cc4)cc3Cl)c(Cl)c2)cc1. The molecule has 0 saturated carbocycles. The summed E-state index contributed by atoms with van der Waals surface area (Å²) in [5, 5.41) is 0.594. The lowest BCUT2D eigenvalue weighted by atomic mass is 10.0. The number of ether oxygens (including phenoxy) is 2. The third kappa shape index (κ3) is 5.31. The lowest BCUT2D eigenvalue weighted by Crippen LogP contribution is -2.09. The fourth-order valence-electron chi connectivity index (χ4n) is 3.12. The molecule has 0 spiro atoms. The molecule has 170 valence electrons. The second-order valence-corrected chi connectivity index (χ2v) is 8.12. The van der Waals surface area contributed by atoms with Crippen molar-refractivity contribution < 1.29 is 19.1 Å². The molecule has 34 heavy (non-hydrogen) atoms. The molecule has 0 fully saturated rings. The van der Waals surface area contributed by atoms with Gasteiger partial charge in [0.25, 0.3) is 0 Å². The van der Waals surface area contributed by atoms with E-state index in [0.717, 1.165) is 0 Å². The van der Waals surface area contributed by atoms with Gasteiger partial charge in [-0.1, -0.05) is 35.3 Å². The van der Waals surface area contributed by atoms with Gasteiger partial charge >= 0.3 is 11.9 Å². The molecule has 0 atom stereocenters. The molecule has 0 amide bonds. The van der Waals surface area contributed by atoms with Crippen molar-refractivity contribution in [2.24, 2.45) is 0 Å². The monoisotopic (exact) mass is 492 g/mol. The smallest absolute Gasteiger partial charge is 0.343 e. The molecule has 0 aliphatic heterocycles. The van der Waals surface area contributed by atoms with E-state index in [1.807, 2.05) is 0 Å². The van der Waals surface area contributed by atoms with Crippen LogP contribution in [0.4, 0.5) is 11.4 Å². The Bertz CT molecular complexity index is 1260. The first-order chi connectivity index (χ1) is 16.3. The molecule has 0 saturated heterocycles. The van der Waals surface area contributed by atoms with E-state index in [1.54, 1.807) is 72.8 Å². The Morgan fingerprint density at radius 3 is 1.24 bits per heavy atom. The van der Waals surface area contributed by atoms with Gasteiger partial charge in [-0.2, -0.15) is 0 Å². The number of halogens is 2. The first-order valence-corrected chi connectivity index (χ1v) is 10.8. The van der Waals surface area contributed by atoms with Crippen LogP contribution >= 0.6 is 23.2 Å². The van der Waals surface area contributed by atoms with E-state index in [1.165, 1.54) is 12.1 Å². The first kappa shape index (κ1) is 23.2. The van der Waals surface area contributed by atoms with E-state index >= 15 is 0 Å².